The first-order chi connectivity index (χ1) is 7.74. The van der Waals surface area contributed by atoms with Gasteiger partial charge in [0.1, 0.15) is 5.76 Å². The summed E-state index contributed by atoms with van der Waals surface area (Å²) >= 11 is 5.68. The Labute approximate surface area is 97.4 Å². The normalized spacial score (nSPS) is 15.9. The van der Waals surface area contributed by atoms with Crippen molar-refractivity contribution >= 4 is 22.6 Å². The molecule has 1 fully saturated rings. The Kier molecular flexibility index (Phi) is 2.37. The van der Waals surface area contributed by atoms with Gasteiger partial charge in [-0.05, 0) is 31.0 Å². The molecule has 16 heavy (non-hydrogen) atoms. The molecular weight excluding hydrogens is 229 g/mol. The SMILES string of the molecule is Fc1c(Cl)ccc2cc(CNC3CC3)oc12. The molecule has 2 nitrogen and oxygen atoms in total. The first kappa shape index (κ1) is 10.1. The number of rotatable bonds is 3. The molecule has 0 spiro atoms. The number of nitrogens with one attached hydrogen (secondary N) is 1. The van der Waals surface area contributed by atoms with Gasteiger partial charge in [-0.1, -0.05) is 11.6 Å². The molecule has 1 aromatic heterocycles. The standard InChI is InChI=1S/C12H11ClFNO/c13-10-4-1-7-5-9(6-15-8-2-3-8)16-12(7)11(10)14/h1,4-5,8,15H,2-3,6H2. The molecule has 1 aliphatic rings. The maximum atomic E-state index is 13.6. The summed E-state index contributed by atoms with van der Waals surface area (Å²) in [4.78, 5) is 0. The van der Waals surface area contributed by atoms with Crippen molar-refractivity contribution in [1.82, 2.24) is 5.32 Å². The number of halogens is 2. The molecule has 84 valence electrons. The molecule has 4 heteroatoms. The lowest BCUT2D eigenvalue weighted by Crippen LogP contribution is -2.14. The second kappa shape index (κ2) is 3.75. The van der Waals surface area contributed by atoms with Crippen LogP contribution in [0.25, 0.3) is 11.0 Å². The van der Waals surface area contributed by atoms with Crippen LogP contribution in [0.1, 0.15) is 18.6 Å². The second-order valence-corrected chi connectivity index (χ2v) is 4.55. The van der Waals surface area contributed by atoms with Crippen LogP contribution in [0.3, 0.4) is 0 Å². The highest BCUT2D eigenvalue weighted by molar-refractivity contribution is 6.31. The largest absolute Gasteiger partial charge is 0.457 e. The molecule has 0 bridgehead atoms. The molecule has 1 heterocycles. The first-order valence-electron chi connectivity index (χ1n) is 5.34. The lowest BCUT2D eigenvalue weighted by atomic mass is 10.2. The fourth-order valence-corrected chi connectivity index (χ4v) is 1.87. The van der Waals surface area contributed by atoms with Crippen molar-refractivity contribution < 1.29 is 8.81 Å². The summed E-state index contributed by atoms with van der Waals surface area (Å²) in [6.07, 6.45) is 2.45. The van der Waals surface area contributed by atoms with Crippen LogP contribution < -0.4 is 5.32 Å². The fraction of sp³-hybridized carbons (Fsp3) is 0.333. The molecule has 1 saturated carbocycles. The topological polar surface area (TPSA) is 25.2 Å². The van der Waals surface area contributed by atoms with Crippen LogP contribution in [-0.2, 0) is 6.54 Å². The highest BCUT2D eigenvalue weighted by atomic mass is 35.5. The Morgan fingerprint density at radius 3 is 3.00 bits per heavy atom. The van der Waals surface area contributed by atoms with Gasteiger partial charge < -0.3 is 9.73 Å². The van der Waals surface area contributed by atoms with Crippen molar-refractivity contribution in [3.8, 4) is 0 Å². The quantitative estimate of drug-likeness (QED) is 0.887. The first-order valence-corrected chi connectivity index (χ1v) is 5.71. The summed E-state index contributed by atoms with van der Waals surface area (Å²) in [6, 6.07) is 5.78. The van der Waals surface area contributed by atoms with Crippen molar-refractivity contribution in [2.24, 2.45) is 0 Å². The minimum absolute atomic E-state index is 0.101. The fourth-order valence-electron chi connectivity index (χ4n) is 1.72. The Morgan fingerprint density at radius 2 is 2.25 bits per heavy atom. The highest BCUT2D eigenvalue weighted by Gasteiger charge is 2.21. The highest BCUT2D eigenvalue weighted by Crippen LogP contribution is 2.28. The van der Waals surface area contributed by atoms with Gasteiger partial charge in [-0.2, -0.15) is 0 Å². The third kappa shape index (κ3) is 1.81. The maximum absolute atomic E-state index is 13.6. The smallest absolute Gasteiger partial charge is 0.184 e. The Hall–Kier alpha value is -1.06. The van der Waals surface area contributed by atoms with Crippen LogP contribution in [0.15, 0.2) is 22.6 Å². The third-order valence-corrected chi connectivity index (χ3v) is 3.06. The van der Waals surface area contributed by atoms with E-state index < -0.39 is 5.82 Å². The number of furan rings is 1. The van der Waals surface area contributed by atoms with Crippen LogP contribution in [0, 0.1) is 5.82 Å². The van der Waals surface area contributed by atoms with Crippen LogP contribution in [0.2, 0.25) is 5.02 Å². The molecule has 1 aromatic carbocycles. The van der Waals surface area contributed by atoms with Gasteiger partial charge >= 0.3 is 0 Å². The Balaban J connectivity index is 1.91. The number of fused-ring (bicyclic) bond motifs is 1. The monoisotopic (exact) mass is 239 g/mol. The minimum Gasteiger partial charge on any atom is -0.457 e. The predicted molar refractivity (Wildman–Crippen MR) is 61.0 cm³/mol. The number of hydrogen-bond acceptors (Lipinski definition) is 2. The van der Waals surface area contributed by atoms with Crippen LogP contribution in [0.5, 0.6) is 0 Å². The molecule has 0 radical (unpaired) electrons. The van der Waals surface area contributed by atoms with Gasteiger partial charge in [0, 0.05) is 11.4 Å². The molecule has 0 aliphatic heterocycles. The average Bonchev–Trinajstić information content (AvgIpc) is 3.01. The van der Waals surface area contributed by atoms with E-state index in [4.69, 9.17) is 16.0 Å². The summed E-state index contributed by atoms with van der Waals surface area (Å²) < 4.78 is 19.0. The van der Waals surface area contributed by atoms with Crippen molar-refractivity contribution in [2.45, 2.75) is 25.4 Å². The van der Waals surface area contributed by atoms with Crippen molar-refractivity contribution in [2.75, 3.05) is 0 Å². The van der Waals surface area contributed by atoms with E-state index in [-0.39, 0.29) is 10.6 Å². The molecular formula is C12H11ClFNO. The molecule has 1 N–H and O–H groups in total. The van der Waals surface area contributed by atoms with Gasteiger partial charge in [0.25, 0.3) is 0 Å². The van der Waals surface area contributed by atoms with Gasteiger partial charge in [0.05, 0.1) is 11.6 Å². The van der Waals surface area contributed by atoms with E-state index in [9.17, 15) is 4.39 Å². The number of benzene rings is 1. The lowest BCUT2D eigenvalue weighted by Gasteiger charge is -1.97. The summed E-state index contributed by atoms with van der Waals surface area (Å²) in [5, 5.41) is 4.18. The van der Waals surface area contributed by atoms with E-state index in [1.165, 1.54) is 12.8 Å². The van der Waals surface area contributed by atoms with Gasteiger partial charge in [0.2, 0.25) is 0 Å². The zero-order valence-corrected chi connectivity index (χ0v) is 9.35. The van der Waals surface area contributed by atoms with Crippen LogP contribution >= 0.6 is 11.6 Å². The van der Waals surface area contributed by atoms with Gasteiger partial charge in [-0.3, -0.25) is 0 Å². The molecule has 0 atom stereocenters. The van der Waals surface area contributed by atoms with Gasteiger partial charge in [-0.25, -0.2) is 4.39 Å². The Morgan fingerprint density at radius 1 is 1.44 bits per heavy atom. The maximum Gasteiger partial charge on any atom is 0.184 e. The zero-order valence-electron chi connectivity index (χ0n) is 8.59. The summed E-state index contributed by atoms with van der Waals surface area (Å²) in [5.41, 5.74) is 0.250. The van der Waals surface area contributed by atoms with Gasteiger partial charge in [0.15, 0.2) is 11.4 Å². The van der Waals surface area contributed by atoms with Crippen molar-refractivity contribution in [1.29, 1.82) is 0 Å². The van der Waals surface area contributed by atoms with E-state index in [1.54, 1.807) is 12.1 Å². The predicted octanol–water partition coefficient (Wildman–Crippen LogP) is 3.48. The van der Waals surface area contributed by atoms with Crippen molar-refractivity contribution in [3.05, 3.63) is 34.8 Å². The van der Waals surface area contributed by atoms with E-state index in [0.29, 0.717) is 12.6 Å². The van der Waals surface area contributed by atoms with E-state index in [1.807, 2.05) is 6.07 Å². The van der Waals surface area contributed by atoms with E-state index in [0.717, 1.165) is 11.1 Å². The molecule has 0 amide bonds. The van der Waals surface area contributed by atoms with E-state index in [2.05, 4.69) is 5.32 Å². The van der Waals surface area contributed by atoms with Gasteiger partial charge in [-0.15, -0.1) is 0 Å². The summed E-state index contributed by atoms with van der Waals surface area (Å²) in [5.74, 6) is 0.278. The molecule has 3 rings (SSSR count). The third-order valence-electron chi connectivity index (χ3n) is 2.77. The number of hydrogen-bond donors (Lipinski definition) is 1. The average molecular weight is 240 g/mol. The molecule has 0 saturated heterocycles. The molecule has 2 aromatic rings. The van der Waals surface area contributed by atoms with Crippen LogP contribution in [0.4, 0.5) is 4.39 Å². The van der Waals surface area contributed by atoms with Crippen molar-refractivity contribution in [3.63, 3.8) is 0 Å². The Bertz CT molecular complexity index is 533. The zero-order chi connectivity index (χ0) is 11.1. The second-order valence-electron chi connectivity index (χ2n) is 4.15. The molecule has 0 unspecified atom stereocenters. The minimum atomic E-state index is -0.475. The van der Waals surface area contributed by atoms with E-state index >= 15 is 0 Å². The lowest BCUT2D eigenvalue weighted by molar-refractivity contribution is 0.494. The summed E-state index contributed by atoms with van der Waals surface area (Å²) in [6.45, 7) is 0.649. The van der Waals surface area contributed by atoms with Crippen LogP contribution in [-0.4, -0.2) is 6.04 Å². The molecule has 1 aliphatic carbocycles. The summed E-state index contributed by atoms with van der Waals surface area (Å²) in [7, 11) is 0.